The number of aryl methyl sites for hydroxylation is 1. The fraction of sp³-hybridized carbons (Fsp3) is 0.531. The van der Waals surface area contributed by atoms with Crippen LogP contribution >= 0.6 is 0 Å². The number of hydrogen-bond donors (Lipinski definition) is 5. The molecule has 2 aliphatic heterocycles. The van der Waals surface area contributed by atoms with Crippen molar-refractivity contribution in [3.63, 3.8) is 0 Å². The number of halogens is 3. The number of aldehydes is 1. The molecule has 0 fully saturated rings. The maximum Gasteiger partial charge on any atom is 0.491 e. The van der Waals surface area contributed by atoms with E-state index in [9.17, 15) is 32.6 Å². The molecule has 0 saturated carbocycles. The van der Waals surface area contributed by atoms with Crippen LogP contribution in [0, 0.1) is 6.92 Å². The smallest absolute Gasteiger partial charge is 0.423 e. The third-order valence-corrected chi connectivity index (χ3v) is 6.70. The summed E-state index contributed by atoms with van der Waals surface area (Å²) in [5.41, 5.74) is 20.4. The molecule has 11 nitrogen and oxygen atoms in total. The van der Waals surface area contributed by atoms with E-state index in [4.69, 9.17) is 21.9 Å². The van der Waals surface area contributed by atoms with Gasteiger partial charge < -0.3 is 46.8 Å². The Kier molecular flexibility index (Phi) is 22.2. The molecule has 2 aromatic rings. The van der Waals surface area contributed by atoms with Crippen LogP contribution in [0.3, 0.4) is 0 Å². The van der Waals surface area contributed by atoms with Crippen LogP contribution in [-0.2, 0) is 44.9 Å². The average Bonchev–Trinajstić information content (AvgIpc) is 3.62. The second kappa shape index (κ2) is 23.9. The van der Waals surface area contributed by atoms with E-state index in [2.05, 4.69) is 10.2 Å². The number of likely N-dealkylation sites (N-methyl/N-ethyl adjacent to an activating group) is 2. The van der Waals surface area contributed by atoms with Gasteiger partial charge in [0.05, 0.1) is 18.2 Å². The van der Waals surface area contributed by atoms with Crippen molar-refractivity contribution in [3.8, 4) is 0 Å². The lowest BCUT2D eigenvalue weighted by Crippen LogP contribution is -2.40. The van der Waals surface area contributed by atoms with Gasteiger partial charge in [-0.15, -0.1) is 0 Å². The number of benzene rings is 2. The lowest BCUT2D eigenvalue weighted by Gasteiger charge is -2.12. The van der Waals surface area contributed by atoms with Gasteiger partial charge >= 0.3 is 13.3 Å². The molecule has 0 saturated heterocycles. The summed E-state index contributed by atoms with van der Waals surface area (Å²) >= 11 is 0. The summed E-state index contributed by atoms with van der Waals surface area (Å²) in [7, 11) is 1.22. The number of nitrogens with two attached hydrogens (primary N) is 3. The Bertz CT molecular complexity index is 1190. The molecule has 1 unspecified atom stereocenters. The first kappa shape index (κ1) is 43.7. The van der Waals surface area contributed by atoms with Gasteiger partial charge in [-0.1, -0.05) is 43.7 Å². The topological polar surface area (TPSA) is 177 Å². The Labute approximate surface area is 277 Å². The first-order valence-corrected chi connectivity index (χ1v) is 15.6. The molecule has 0 radical (unpaired) electrons. The van der Waals surface area contributed by atoms with Gasteiger partial charge in [-0.05, 0) is 61.6 Å². The lowest BCUT2D eigenvalue weighted by atomic mass is 9.78. The number of nitrogens with one attached hydrogen (secondary N) is 1. The standard InChI is InChI=1S/C10H10BNO3.C8H7F3.C7H14N2O2.C5H15N3.C2H6/c13-6-12-3-7-1-9-5-15-11(14)10(9)2-8(7)4-12;1-6-2-4-7(5-3-6)8(9,10)11;1-2-9-7(11)6(8)4-3-5-10;1-8(4-2-6)5-3-7;1-2/h1-2,6,14H,3-5H2;2-5H,1H3;5-6H,2-4,8H2,1H3,(H,9,11);2-7H2,1H3;1-2H3. The van der Waals surface area contributed by atoms with Gasteiger partial charge in [-0.2, -0.15) is 13.2 Å². The van der Waals surface area contributed by atoms with Crippen LogP contribution in [0.15, 0.2) is 36.4 Å². The van der Waals surface area contributed by atoms with Crippen molar-refractivity contribution in [2.45, 2.75) is 72.5 Å². The van der Waals surface area contributed by atoms with E-state index in [1.807, 2.05) is 40.0 Å². The molecule has 264 valence electrons. The summed E-state index contributed by atoms with van der Waals surface area (Å²) in [5, 5.41) is 12.1. The first-order valence-electron chi connectivity index (χ1n) is 15.6. The van der Waals surface area contributed by atoms with E-state index in [1.54, 1.807) is 11.8 Å². The highest BCUT2D eigenvalue weighted by molar-refractivity contribution is 6.61. The van der Waals surface area contributed by atoms with Crippen molar-refractivity contribution in [3.05, 3.63) is 64.2 Å². The molecule has 4 rings (SSSR count). The Morgan fingerprint density at radius 2 is 1.64 bits per heavy atom. The number of carbonyl (C=O) groups is 3. The van der Waals surface area contributed by atoms with Crippen molar-refractivity contribution < 1.29 is 37.2 Å². The highest BCUT2D eigenvalue weighted by Gasteiger charge is 2.31. The molecule has 15 heteroatoms. The zero-order valence-corrected chi connectivity index (χ0v) is 28.2. The molecule has 0 spiro atoms. The van der Waals surface area contributed by atoms with Crippen molar-refractivity contribution in [1.29, 1.82) is 0 Å². The molecule has 2 amide bonds. The van der Waals surface area contributed by atoms with Crippen molar-refractivity contribution in [2.75, 3.05) is 39.8 Å². The van der Waals surface area contributed by atoms with Crippen LogP contribution < -0.4 is 28.0 Å². The predicted octanol–water partition coefficient (Wildman–Crippen LogP) is 1.68. The summed E-state index contributed by atoms with van der Waals surface area (Å²) in [6.45, 7) is 13.2. The van der Waals surface area contributed by atoms with Crippen molar-refractivity contribution in [2.24, 2.45) is 17.2 Å². The van der Waals surface area contributed by atoms with Gasteiger partial charge in [-0.25, -0.2) is 0 Å². The van der Waals surface area contributed by atoms with Crippen LogP contribution in [0.2, 0.25) is 0 Å². The number of amides is 2. The maximum atomic E-state index is 11.9. The van der Waals surface area contributed by atoms with Gasteiger partial charge in [0.25, 0.3) is 0 Å². The molecule has 0 aliphatic carbocycles. The Hall–Kier alpha value is -3.34. The van der Waals surface area contributed by atoms with Crippen LogP contribution in [0.1, 0.15) is 61.4 Å². The van der Waals surface area contributed by atoms with E-state index < -0.39 is 24.9 Å². The molecular weight excluding hydrogens is 616 g/mol. The third kappa shape index (κ3) is 16.9. The molecule has 2 aliphatic rings. The fourth-order valence-electron chi connectivity index (χ4n) is 4.21. The number of hydrogen-bond acceptors (Lipinski definition) is 9. The van der Waals surface area contributed by atoms with Crippen LogP contribution in [0.5, 0.6) is 0 Å². The number of nitrogens with zero attached hydrogens (tertiary/aromatic N) is 2. The number of rotatable bonds is 10. The number of fused-ring (bicyclic) bond motifs is 2. The summed E-state index contributed by atoms with van der Waals surface area (Å²) < 4.78 is 40.9. The number of carbonyl (C=O) groups excluding carboxylic acids is 3. The third-order valence-electron chi connectivity index (χ3n) is 6.70. The maximum absolute atomic E-state index is 11.9. The van der Waals surface area contributed by atoms with Gasteiger partial charge in [0.1, 0.15) is 6.29 Å². The van der Waals surface area contributed by atoms with Crippen molar-refractivity contribution >= 4 is 31.2 Å². The van der Waals surface area contributed by atoms with Crippen LogP contribution in [-0.4, -0.2) is 86.4 Å². The zero-order chi connectivity index (χ0) is 36.0. The van der Waals surface area contributed by atoms with E-state index >= 15 is 0 Å². The second-order valence-corrected chi connectivity index (χ2v) is 10.5. The summed E-state index contributed by atoms with van der Waals surface area (Å²) in [4.78, 5) is 35.3. The first-order chi connectivity index (χ1) is 22.3. The van der Waals surface area contributed by atoms with Crippen LogP contribution in [0.4, 0.5) is 13.2 Å². The second-order valence-electron chi connectivity index (χ2n) is 10.5. The van der Waals surface area contributed by atoms with Crippen molar-refractivity contribution in [1.82, 2.24) is 15.1 Å². The van der Waals surface area contributed by atoms with Crippen LogP contribution in [0.25, 0.3) is 0 Å². The molecule has 1 atom stereocenters. The minimum atomic E-state index is -4.21. The summed E-state index contributed by atoms with van der Waals surface area (Å²) in [6, 6.07) is 8.49. The minimum absolute atomic E-state index is 0.186. The molecule has 0 aromatic heterocycles. The van der Waals surface area contributed by atoms with E-state index in [0.717, 1.165) is 73.2 Å². The van der Waals surface area contributed by atoms with Gasteiger partial charge in [-0.3, -0.25) is 9.59 Å². The quantitative estimate of drug-likeness (QED) is 0.186. The molecule has 8 N–H and O–H groups in total. The molecule has 2 heterocycles. The van der Waals surface area contributed by atoms with E-state index in [-0.39, 0.29) is 5.91 Å². The largest absolute Gasteiger partial charge is 0.491 e. The van der Waals surface area contributed by atoms with Gasteiger partial charge in [0.15, 0.2) is 0 Å². The SMILES string of the molecule is CC.CCNC(=O)C(N)CCC=O.CN(CCN)CCN.Cc1ccc(C(F)(F)F)cc1.O=CN1Cc2cc3c(cc2C1)B(O)OC3. The monoisotopic (exact) mass is 668 g/mol. The highest BCUT2D eigenvalue weighted by atomic mass is 19.4. The zero-order valence-electron chi connectivity index (χ0n) is 28.2. The molecule has 0 bridgehead atoms. The minimum Gasteiger partial charge on any atom is -0.423 e. The Morgan fingerprint density at radius 3 is 2.11 bits per heavy atom. The normalized spacial score (nSPS) is 13.2. The number of alkyl halides is 3. The Morgan fingerprint density at radius 1 is 1.09 bits per heavy atom. The molecular formula is C32H52BF3N6O5. The average molecular weight is 669 g/mol. The fourth-order valence-corrected chi connectivity index (χ4v) is 4.21. The summed E-state index contributed by atoms with van der Waals surface area (Å²) in [6.07, 6.45) is -1.82. The molecule has 47 heavy (non-hydrogen) atoms. The lowest BCUT2D eigenvalue weighted by molar-refractivity contribution is -0.137. The van der Waals surface area contributed by atoms with Gasteiger partial charge in [0, 0.05) is 52.2 Å². The summed E-state index contributed by atoms with van der Waals surface area (Å²) in [5.74, 6) is -0.186. The van der Waals surface area contributed by atoms with E-state index in [1.165, 1.54) is 17.7 Å². The Balaban J connectivity index is 0.000000605. The predicted molar refractivity (Wildman–Crippen MR) is 179 cm³/mol. The van der Waals surface area contributed by atoms with Gasteiger partial charge in [0.2, 0.25) is 12.3 Å². The molecule has 2 aromatic carbocycles. The highest BCUT2D eigenvalue weighted by Crippen LogP contribution is 2.29. The van der Waals surface area contributed by atoms with E-state index in [0.29, 0.717) is 39.1 Å².